The summed E-state index contributed by atoms with van der Waals surface area (Å²) in [5.74, 6) is -9.98. The molecule has 1 N–H and O–H groups in total. The highest BCUT2D eigenvalue weighted by Crippen LogP contribution is 2.46. The molecule has 0 unspecified atom stereocenters. The average Bonchev–Trinajstić information content (AvgIpc) is 3.02. The Labute approximate surface area is 286 Å². The van der Waals surface area contributed by atoms with Gasteiger partial charge in [0, 0.05) is 36.8 Å². The number of carbonyl (C=O) groups excluding carboxylic acids is 1. The number of carbonyl (C=O) groups is 1. The van der Waals surface area contributed by atoms with Gasteiger partial charge in [0.2, 0.25) is 11.7 Å². The third-order valence-corrected chi connectivity index (χ3v) is 8.88. The van der Waals surface area contributed by atoms with Crippen LogP contribution in [-0.4, -0.2) is 55.6 Å². The summed E-state index contributed by atoms with van der Waals surface area (Å²) in [6.07, 6.45) is -3.10. The minimum absolute atomic E-state index is 0.00529. The van der Waals surface area contributed by atoms with E-state index in [9.17, 15) is 41.9 Å². The Hall–Kier alpha value is -5.10. The molecule has 1 aromatic carbocycles. The van der Waals surface area contributed by atoms with Crippen LogP contribution in [0.1, 0.15) is 56.0 Å². The Bertz CT molecular complexity index is 2180. The van der Waals surface area contributed by atoms with E-state index >= 15 is 4.39 Å². The number of aromatic nitrogens is 3. The van der Waals surface area contributed by atoms with Gasteiger partial charge in [-0.25, -0.2) is 13.8 Å². The highest BCUT2D eigenvalue weighted by Gasteiger charge is 2.43. The molecule has 0 aliphatic carbocycles. The second kappa shape index (κ2) is 13.0. The van der Waals surface area contributed by atoms with Crippen LogP contribution < -0.4 is 10.5 Å². The summed E-state index contributed by atoms with van der Waals surface area (Å²) in [5, 5.41) is 20.3. The maximum absolute atomic E-state index is 15.6. The van der Waals surface area contributed by atoms with Gasteiger partial charge in [-0.3, -0.25) is 19.1 Å². The van der Waals surface area contributed by atoms with Gasteiger partial charge in [-0.2, -0.15) is 22.8 Å². The number of alkyl halides is 3. The number of fused-ring (bicyclic) bond motifs is 1. The van der Waals surface area contributed by atoms with Crippen LogP contribution in [0, 0.1) is 35.7 Å². The molecule has 0 bridgehead atoms. The van der Waals surface area contributed by atoms with Gasteiger partial charge < -0.3 is 14.9 Å². The maximum atomic E-state index is 15.6. The van der Waals surface area contributed by atoms with Crippen LogP contribution in [0.5, 0.6) is 5.75 Å². The summed E-state index contributed by atoms with van der Waals surface area (Å²) in [6, 6.07) is 3.66. The van der Waals surface area contributed by atoms with E-state index in [-0.39, 0.29) is 52.9 Å². The number of nitriles is 1. The first kappa shape index (κ1) is 36.2. The summed E-state index contributed by atoms with van der Waals surface area (Å²) in [4.78, 5) is 39.0. The van der Waals surface area contributed by atoms with Crippen LogP contribution >= 0.6 is 11.6 Å². The van der Waals surface area contributed by atoms with Crippen LogP contribution in [-0.2, 0) is 11.0 Å². The third-order valence-electron chi connectivity index (χ3n) is 8.59. The minimum Gasteiger partial charge on any atom is -0.504 e. The molecule has 4 heterocycles. The molecule has 16 heteroatoms. The number of hydrogen-bond acceptors (Lipinski definition) is 7. The Kier molecular flexibility index (Phi) is 9.39. The van der Waals surface area contributed by atoms with Gasteiger partial charge in [-0.1, -0.05) is 32.0 Å². The third kappa shape index (κ3) is 5.70. The van der Waals surface area contributed by atoms with E-state index in [0.29, 0.717) is 11.3 Å². The Balaban J connectivity index is 1.97. The zero-order chi connectivity index (χ0) is 37.1. The van der Waals surface area contributed by atoms with Crippen molar-refractivity contribution in [2.24, 2.45) is 0 Å². The van der Waals surface area contributed by atoms with Crippen molar-refractivity contribution in [3.63, 3.8) is 0 Å². The van der Waals surface area contributed by atoms with E-state index in [1.807, 2.05) is 6.07 Å². The fourth-order valence-corrected chi connectivity index (χ4v) is 6.77. The molecule has 1 fully saturated rings. The van der Waals surface area contributed by atoms with Crippen molar-refractivity contribution in [1.29, 1.82) is 5.26 Å². The number of phenols is 1. The highest BCUT2D eigenvalue weighted by molar-refractivity contribution is 6.34. The molecule has 0 spiro atoms. The normalized spacial score (nSPS) is 16.6. The van der Waals surface area contributed by atoms with Crippen molar-refractivity contribution >= 4 is 34.2 Å². The number of aryl methyl sites for hydroxylation is 1. The lowest BCUT2D eigenvalue weighted by Crippen LogP contribution is -2.58. The monoisotopic (exact) mass is 718 g/mol. The molecule has 262 valence electrons. The van der Waals surface area contributed by atoms with Crippen molar-refractivity contribution in [2.45, 2.75) is 58.8 Å². The molecule has 5 rings (SSSR count). The van der Waals surface area contributed by atoms with Crippen LogP contribution in [0.3, 0.4) is 0 Å². The van der Waals surface area contributed by atoms with E-state index in [0.717, 1.165) is 16.7 Å². The van der Waals surface area contributed by atoms with E-state index in [1.165, 1.54) is 6.20 Å². The number of halogens is 7. The average molecular weight is 719 g/mol. The summed E-state index contributed by atoms with van der Waals surface area (Å²) >= 11 is 6.54. The lowest BCUT2D eigenvalue weighted by Gasteiger charge is -2.45. The predicted molar refractivity (Wildman–Crippen MR) is 174 cm³/mol. The molecule has 2 atom stereocenters. The Morgan fingerprint density at radius 3 is 2.30 bits per heavy atom. The van der Waals surface area contributed by atoms with Crippen molar-refractivity contribution in [1.82, 2.24) is 19.4 Å². The Morgan fingerprint density at radius 1 is 1.14 bits per heavy atom. The number of aromatic hydroxyl groups is 1. The van der Waals surface area contributed by atoms with Crippen LogP contribution in [0.2, 0.25) is 5.02 Å². The second-order valence-electron chi connectivity index (χ2n) is 12.3. The van der Waals surface area contributed by atoms with Gasteiger partial charge in [0.1, 0.15) is 22.8 Å². The molecule has 1 saturated heterocycles. The number of benzene rings is 1. The van der Waals surface area contributed by atoms with Crippen LogP contribution in [0.15, 0.2) is 35.8 Å². The molecule has 50 heavy (non-hydrogen) atoms. The molecular weight excluding hydrogens is 690 g/mol. The van der Waals surface area contributed by atoms with Crippen LogP contribution in [0.25, 0.3) is 28.0 Å². The smallest absolute Gasteiger partial charge is 0.422 e. The first-order valence-corrected chi connectivity index (χ1v) is 15.6. The number of rotatable bonds is 5. The molecular formula is C34H29ClF6N6O3. The summed E-state index contributed by atoms with van der Waals surface area (Å²) < 4.78 is 87.1. The predicted octanol–water partition coefficient (Wildman–Crippen LogP) is 7.16. The first-order chi connectivity index (χ1) is 23.4. The number of hydrogen-bond donors (Lipinski definition) is 1. The quantitative estimate of drug-likeness (QED) is 0.132. The molecule has 4 aromatic rings. The fourth-order valence-electron chi connectivity index (χ4n) is 6.52. The summed E-state index contributed by atoms with van der Waals surface area (Å²) in [7, 11) is 0. The minimum atomic E-state index is -5.74. The fraction of sp³-hybridized carbons (Fsp3) is 0.324. The molecule has 9 nitrogen and oxygen atoms in total. The van der Waals surface area contributed by atoms with Crippen molar-refractivity contribution < 1.29 is 36.2 Å². The molecule has 0 saturated carbocycles. The van der Waals surface area contributed by atoms with Gasteiger partial charge in [0.25, 0.3) is 5.56 Å². The number of amides is 1. The zero-order valence-corrected chi connectivity index (χ0v) is 28.0. The molecule has 0 radical (unpaired) electrons. The lowest BCUT2D eigenvalue weighted by atomic mass is 10.00. The van der Waals surface area contributed by atoms with E-state index in [1.54, 1.807) is 50.5 Å². The van der Waals surface area contributed by atoms with E-state index < -0.39 is 68.9 Å². The standard InChI is InChI=1S/C34H29ClF6N6O3/c1-7-21(48)46-16(5)12-45(13-17(46)6)30-18-10-20(35)28(22-24(36)23(34(39,40)41)25(37)26(38)31(22)49)44-32(18)47(33(50)19(30)11-42)29-15(4)8-9-43-27(29)14(2)3/h7-10,14,16-17,49H,1,12-13H2,2-6H3/t16-,17+. The number of pyridine rings is 3. The van der Waals surface area contributed by atoms with Crippen molar-refractivity contribution in [2.75, 3.05) is 18.0 Å². The van der Waals surface area contributed by atoms with E-state index in [2.05, 4.69) is 16.5 Å². The zero-order valence-electron chi connectivity index (χ0n) is 27.3. The van der Waals surface area contributed by atoms with E-state index in [4.69, 9.17) is 11.6 Å². The second-order valence-corrected chi connectivity index (χ2v) is 12.7. The van der Waals surface area contributed by atoms with Gasteiger partial charge in [0.05, 0.1) is 33.3 Å². The lowest BCUT2D eigenvalue weighted by molar-refractivity contribution is -0.142. The molecule has 1 amide bonds. The molecule has 1 aliphatic heterocycles. The largest absolute Gasteiger partial charge is 0.504 e. The van der Waals surface area contributed by atoms with Crippen molar-refractivity contribution in [3.05, 3.63) is 86.2 Å². The number of piperazine rings is 1. The van der Waals surface area contributed by atoms with Crippen LogP contribution in [0.4, 0.5) is 32.0 Å². The summed E-state index contributed by atoms with van der Waals surface area (Å²) in [6.45, 7) is 12.4. The number of anilines is 1. The number of phenolic OH excluding ortho intramolecular Hbond substituents is 1. The van der Waals surface area contributed by atoms with Gasteiger partial charge >= 0.3 is 6.18 Å². The molecule has 3 aromatic heterocycles. The highest BCUT2D eigenvalue weighted by atomic mass is 35.5. The summed E-state index contributed by atoms with van der Waals surface area (Å²) in [5.41, 5.74) is -5.80. The van der Waals surface area contributed by atoms with Gasteiger partial charge in [-0.15, -0.1) is 0 Å². The number of nitrogens with zero attached hydrogens (tertiary/aromatic N) is 6. The first-order valence-electron chi connectivity index (χ1n) is 15.2. The SMILES string of the molecule is C=CC(=O)N1[C@H](C)CN(c2c(C#N)c(=O)n(-c3c(C)ccnc3C(C)C)c3nc(-c4c(O)c(F)c(F)c(C(F)(F)F)c4F)c(Cl)cc23)C[C@@H]1C. The topological polar surface area (TPSA) is 115 Å². The maximum Gasteiger partial charge on any atom is 0.422 e. The van der Waals surface area contributed by atoms with Gasteiger partial charge in [-0.05, 0) is 50.5 Å². The molecule has 1 aliphatic rings. The van der Waals surface area contributed by atoms with Crippen molar-refractivity contribution in [3.8, 4) is 28.8 Å². The Morgan fingerprint density at radius 2 is 1.76 bits per heavy atom. The van der Waals surface area contributed by atoms with Gasteiger partial charge in [0.15, 0.2) is 17.4 Å².